The summed E-state index contributed by atoms with van der Waals surface area (Å²) in [6, 6.07) is 0. The third kappa shape index (κ3) is 1.85. The van der Waals surface area contributed by atoms with Crippen molar-refractivity contribution in [3.63, 3.8) is 0 Å². The molecular weight excluding hydrogens is 202 g/mol. The lowest BCUT2D eigenvalue weighted by Crippen LogP contribution is -2.31. The molecular formula is C11H19N5. The molecule has 1 fully saturated rings. The topological polar surface area (TPSA) is 60.0 Å². The Bertz CT molecular complexity index is 393. The first-order valence-electron chi connectivity index (χ1n) is 6.05. The third-order valence-electron chi connectivity index (χ3n) is 3.76. The Hall–Kier alpha value is -0.940. The van der Waals surface area contributed by atoms with Crippen molar-refractivity contribution < 1.29 is 0 Å². The molecule has 5 heteroatoms. The van der Waals surface area contributed by atoms with Crippen LogP contribution < -0.4 is 5.73 Å². The van der Waals surface area contributed by atoms with Crippen molar-refractivity contribution in [1.82, 2.24) is 19.7 Å². The second kappa shape index (κ2) is 3.53. The minimum absolute atomic E-state index is 0.123. The average molecular weight is 221 g/mol. The zero-order valence-corrected chi connectivity index (χ0v) is 9.82. The zero-order valence-electron chi connectivity index (χ0n) is 9.82. The van der Waals surface area contributed by atoms with Gasteiger partial charge in [-0.25, -0.2) is 0 Å². The molecule has 88 valence electrons. The van der Waals surface area contributed by atoms with Crippen LogP contribution in [0.3, 0.4) is 0 Å². The number of nitrogens with two attached hydrogens (primary N) is 1. The minimum atomic E-state index is 0.123. The van der Waals surface area contributed by atoms with Crippen molar-refractivity contribution in [1.29, 1.82) is 0 Å². The molecule has 0 spiro atoms. The predicted octanol–water partition coefficient (Wildman–Crippen LogP) is 0.147. The summed E-state index contributed by atoms with van der Waals surface area (Å²) >= 11 is 0. The first kappa shape index (κ1) is 10.2. The molecule has 0 saturated heterocycles. The van der Waals surface area contributed by atoms with Gasteiger partial charge in [-0.3, -0.25) is 4.90 Å². The van der Waals surface area contributed by atoms with E-state index in [1.54, 1.807) is 0 Å². The van der Waals surface area contributed by atoms with Crippen LogP contribution in [0, 0.1) is 0 Å². The molecule has 0 atom stereocenters. The van der Waals surface area contributed by atoms with Crippen LogP contribution in [0.15, 0.2) is 0 Å². The van der Waals surface area contributed by atoms with E-state index in [-0.39, 0.29) is 5.54 Å². The number of rotatable bonds is 3. The van der Waals surface area contributed by atoms with Crippen molar-refractivity contribution in [2.45, 2.75) is 44.3 Å². The largest absolute Gasteiger partial charge is 0.325 e. The minimum Gasteiger partial charge on any atom is -0.325 e. The van der Waals surface area contributed by atoms with E-state index in [2.05, 4.69) is 26.7 Å². The van der Waals surface area contributed by atoms with Gasteiger partial charge in [0, 0.05) is 25.0 Å². The Kier molecular flexibility index (Phi) is 2.26. The second-order valence-corrected chi connectivity index (χ2v) is 5.28. The van der Waals surface area contributed by atoms with Crippen LogP contribution in [0.1, 0.15) is 30.9 Å². The molecule has 0 unspecified atom stereocenters. The lowest BCUT2D eigenvalue weighted by molar-refractivity contribution is 0.262. The van der Waals surface area contributed by atoms with Gasteiger partial charge in [-0.15, -0.1) is 10.2 Å². The van der Waals surface area contributed by atoms with E-state index in [1.165, 1.54) is 12.8 Å². The highest BCUT2D eigenvalue weighted by molar-refractivity contribution is 5.04. The van der Waals surface area contributed by atoms with Gasteiger partial charge >= 0.3 is 0 Å². The van der Waals surface area contributed by atoms with Crippen LogP contribution >= 0.6 is 0 Å². The maximum Gasteiger partial charge on any atom is 0.147 e. The lowest BCUT2D eigenvalue weighted by Gasteiger charge is -2.23. The molecule has 0 aromatic carbocycles. The first-order chi connectivity index (χ1) is 7.66. The Balaban J connectivity index is 1.71. The van der Waals surface area contributed by atoms with Crippen LogP contribution in [0.2, 0.25) is 0 Å². The molecule has 0 bridgehead atoms. The number of hydrogen-bond donors (Lipinski definition) is 1. The average Bonchev–Trinajstić information content (AvgIpc) is 2.87. The third-order valence-corrected chi connectivity index (χ3v) is 3.76. The van der Waals surface area contributed by atoms with Crippen LogP contribution in [-0.2, 0) is 19.5 Å². The predicted molar refractivity (Wildman–Crippen MR) is 60.8 cm³/mol. The number of hydrogen-bond acceptors (Lipinski definition) is 4. The smallest absolute Gasteiger partial charge is 0.147 e. The maximum atomic E-state index is 6.10. The van der Waals surface area contributed by atoms with Gasteiger partial charge in [0.2, 0.25) is 0 Å². The Labute approximate surface area is 95.6 Å². The van der Waals surface area contributed by atoms with Crippen molar-refractivity contribution >= 4 is 0 Å². The summed E-state index contributed by atoms with van der Waals surface area (Å²) in [5.74, 6) is 2.23. The van der Waals surface area contributed by atoms with Gasteiger partial charge in [-0.2, -0.15) is 0 Å². The summed E-state index contributed by atoms with van der Waals surface area (Å²) < 4.78 is 2.27. The van der Waals surface area contributed by atoms with Gasteiger partial charge < -0.3 is 10.3 Å². The van der Waals surface area contributed by atoms with Crippen molar-refractivity contribution in [2.75, 3.05) is 13.6 Å². The number of aromatic nitrogens is 3. The number of likely N-dealkylation sites (N-methyl/N-ethyl adjacent to an activating group) is 1. The van der Waals surface area contributed by atoms with Gasteiger partial charge in [-0.05, 0) is 26.3 Å². The summed E-state index contributed by atoms with van der Waals surface area (Å²) in [4.78, 5) is 2.28. The Morgan fingerprint density at radius 2 is 2.12 bits per heavy atom. The van der Waals surface area contributed by atoms with E-state index in [9.17, 15) is 0 Å². The fourth-order valence-corrected chi connectivity index (χ4v) is 2.29. The van der Waals surface area contributed by atoms with E-state index in [4.69, 9.17) is 5.73 Å². The van der Waals surface area contributed by atoms with Crippen LogP contribution in [0.25, 0.3) is 0 Å². The maximum absolute atomic E-state index is 6.10. The molecule has 1 aliphatic heterocycles. The van der Waals surface area contributed by atoms with Gasteiger partial charge in [-0.1, -0.05) is 0 Å². The number of fused-ring (bicyclic) bond motifs is 1. The molecule has 2 aliphatic rings. The Morgan fingerprint density at radius 3 is 2.88 bits per heavy atom. The van der Waals surface area contributed by atoms with E-state index >= 15 is 0 Å². The molecule has 0 radical (unpaired) electrons. The summed E-state index contributed by atoms with van der Waals surface area (Å²) in [5, 5.41) is 8.55. The standard InChI is InChI=1S/C11H19N5/c1-15-6-7-16-9(13-14-10(16)8-15)2-3-11(12)4-5-11/h2-8,12H2,1H3. The molecule has 1 saturated carbocycles. The monoisotopic (exact) mass is 221 g/mol. The molecule has 16 heavy (non-hydrogen) atoms. The van der Waals surface area contributed by atoms with Crippen molar-refractivity contribution in [3.8, 4) is 0 Å². The summed E-state index contributed by atoms with van der Waals surface area (Å²) in [7, 11) is 2.12. The van der Waals surface area contributed by atoms with E-state index in [1.807, 2.05) is 0 Å². The van der Waals surface area contributed by atoms with E-state index < -0.39 is 0 Å². The van der Waals surface area contributed by atoms with Gasteiger partial charge in [0.15, 0.2) is 0 Å². The lowest BCUT2D eigenvalue weighted by atomic mass is 10.1. The van der Waals surface area contributed by atoms with Crippen LogP contribution in [0.4, 0.5) is 0 Å². The van der Waals surface area contributed by atoms with Gasteiger partial charge in [0.1, 0.15) is 11.6 Å². The first-order valence-corrected chi connectivity index (χ1v) is 6.05. The van der Waals surface area contributed by atoms with E-state index in [0.29, 0.717) is 0 Å². The molecule has 1 aromatic rings. The van der Waals surface area contributed by atoms with Crippen LogP contribution in [0.5, 0.6) is 0 Å². The SMILES string of the molecule is CN1CCn2c(CCC3(N)CC3)nnc2C1. The van der Waals surface area contributed by atoms with Crippen molar-refractivity contribution in [2.24, 2.45) is 5.73 Å². The highest BCUT2D eigenvalue weighted by atomic mass is 15.3. The molecule has 1 aliphatic carbocycles. The quantitative estimate of drug-likeness (QED) is 0.789. The number of aryl methyl sites for hydroxylation is 1. The fourth-order valence-electron chi connectivity index (χ4n) is 2.29. The summed E-state index contributed by atoms with van der Waals surface area (Å²) in [6.07, 6.45) is 4.39. The molecule has 2 N–H and O–H groups in total. The number of nitrogens with zero attached hydrogens (tertiary/aromatic N) is 4. The Morgan fingerprint density at radius 1 is 1.31 bits per heavy atom. The zero-order chi connectivity index (χ0) is 11.2. The van der Waals surface area contributed by atoms with Crippen LogP contribution in [-0.4, -0.2) is 38.8 Å². The van der Waals surface area contributed by atoms with Gasteiger partial charge in [0.25, 0.3) is 0 Å². The molecule has 1 aromatic heterocycles. The fraction of sp³-hybridized carbons (Fsp3) is 0.818. The molecule has 0 amide bonds. The second-order valence-electron chi connectivity index (χ2n) is 5.28. The molecule has 5 nitrogen and oxygen atoms in total. The highest BCUT2D eigenvalue weighted by Gasteiger charge is 2.37. The van der Waals surface area contributed by atoms with E-state index in [0.717, 1.165) is 44.1 Å². The highest BCUT2D eigenvalue weighted by Crippen LogP contribution is 2.36. The van der Waals surface area contributed by atoms with Gasteiger partial charge in [0.05, 0.1) is 6.54 Å². The summed E-state index contributed by atoms with van der Waals surface area (Å²) in [5.41, 5.74) is 6.22. The van der Waals surface area contributed by atoms with Crippen molar-refractivity contribution in [3.05, 3.63) is 11.6 Å². The molecule has 3 rings (SSSR count). The normalized spacial score (nSPS) is 23.1. The summed E-state index contributed by atoms with van der Waals surface area (Å²) in [6.45, 7) is 3.03. The molecule has 2 heterocycles.